The van der Waals surface area contributed by atoms with E-state index < -0.39 is 0 Å². The highest BCUT2D eigenvalue weighted by atomic mass is 16.5. The summed E-state index contributed by atoms with van der Waals surface area (Å²) in [6, 6.07) is 39.5. The van der Waals surface area contributed by atoms with Crippen LogP contribution in [0.25, 0.3) is 11.1 Å². The lowest BCUT2D eigenvalue weighted by Crippen LogP contribution is -2.49. The maximum atomic E-state index is 6.48. The third-order valence-electron chi connectivity index (χ3n) is 7.00. The minimum Gasteiger partial charge on any atom is -0.356 e. The Labute approximate surface area is 183 Å². The normalized spacial score (nSPS) is 21.6. The van der Waals surface area contributed by atoms with Crippen LogP contribution >= 0.6 is 0 Å². The molecule has 1 saturated heterocycles. The molecule has 0 spiro atoms. The van der Waals surface area contributed by atoms with Gasteiger partial charge in [-0.25, -0.2) is 0 Å². The van der Waals surface area contributed by atoms with Crippen molar-refractivity contribution in [2.45, 2.75) is 24.6 Å². The smallest absolute Gasteiger partial charge is 0.101 e. The van der Waals surface area contributed by atoms with E-state index in [0.717, 1.165) is 0 Å². The van der Waals surface area contributed by atoms with Crippen molar-refractivity contribution in [3.63, 3.8) is 0 Å². The van der Waals surface area contributed by atoms with Crippen molar-refractivity contribution in [2.75, 3.05) is 6.73 Å². The second kappa shape index (κ2) is 7.19. The van der Waals surface area contributed by atoms with Gasteiger partial charge in [-0.3, -0.25) is 4.90 Å². The second-order valence-electron chi connectivity index (χ2n) is 8.51. The van der Waals surface area contributed by atoms with E-state index >= 15 is 0 Å². The lowest BCUT2D eigenvalue weighted by molar-refractivity contribution is 0.0667. The van der Waals surface area contributed by atoms with Gasteiger partial charge in [-0.1, -0.05) is 109 Å². The summed E-state index contributed by atoms with van der Waals surface area (Å²) in [5.41, 5.74) is 7.46. The van der Waals surface area contributed by atoms with Gasteiger partial charge in [0.2, 0.25) is 0 Å². The summed E-state index contributed by atoms with van der Waals surface area (Å²) in [6.07, 6.45) is 0.0433. The summed E-state index contributed by atoms with van der Waals surface area (Å²) in [7, 11) is 0. The van der Waals surface area contributed by atoms with E-state index in [1.54, 1.807) is 0 Å². The zero-order valence-electron chi connectivity index (χ0n) is 17.6. The first-order chi connectivity index (χ1) is 15.3. The van der Waals surface area contributed by atoms with Crippen LogP contribution in [0, 0.1) is 0 Å². The Hall–Kier alpha value is -3.20. The highest BCUT2D eigenvalue weighted by Gasteiger charge is 2.53. The quantitative estimate of drug-likeness (QED) is 0.394. The van der Waals surface area contributed by atoms with E-state index in [-0.39, 0.29) is 17.7 Å². The van der Waals surface area contributed by atoms with Gasteiger partial charge in [0.15, 0.2) is 0 Å². The predicted octanol–water partition coefficient (Wildman–Crippen LogP) is 6.38. The molecule has 6 rings (SSSR count). The van der Waals surface area contributed by atoms with Crippen LogP contribution in [0.4, 0.5) is 0 Å². The van der Waals surface area contributed by atoms with E-state index in [1.807, 2.05) is 0 Å². The average Bonchev–Trinajstić information content (AvgIpc) is 3.36. The third kappa shape index (κ3) is 2.59. The van der Waals surface area contributed by atoms with E-state index in [0.29, 0.717) is 6.73 Å². The van der Waals surface area contributed by atoms with Crippen LogP contribution in [0.5, 0.6) is 0 Å². The van der Waals surface area contributed by atoms with Crippen molar-refractivity contribution in [1.82, 2.24) is 4.90 Å². The number of ether oxygens (including phenoxy) is 1. The Morgan fingerprint density at radius 3 is 1.81 bits per heavy atom. The molecule has 152 valence electrons. The molecule has 0 radical (unpaired) electrons. The molecule has 2 aliphatic rings. The molecular formula is C29H25NO. The molecule has 4 aromatic carbocycles. The molecule has 4 aromatic rings. The maximum Gasteiger partial charge on any atom is 0.101 e. The molecule has 1 fully saturated rings. The van der Waals surface area contributed by atoms with Crippen LogP contribution in [-0.4, -0.2) is 17.7 Å². The number of nitrogens with zero attached hydrogens (tertiary/aromatic N) is 1. The van der Waals surface area contributed by atoms with E-state index in [2.05, 4.69) is 121 Å². The molecule has 0 unspecified atom stereocenters. The number of fused-ring (bicyclic) bond motifs is 3. The summed E-state index contributed by atoms with van der Waals surface area (Å²) in [5.74, 6) is 0. The summed E-state index contributed by atoms with van der Waals surface area (Å²) >= 11 is 0. The van der Waals surface area contributed by atoms with Crippen molar-refractivity contribution in [2.24, 2.45) is 0 Å². The first-order valence-electron chi connectivity index (χ1n) is 11.0. The molecule has 0 N–H and O–H groups in total. The monoisotopic (exact) mass is 403 g/mol. The van der Waals surface area contributed by atoms with Gasteiger partial charge in [0.25, 0.3) is 0 Å². The largest absolute Gasteiger partial charge is 0.356 e. The summed E-state index contributed by atoms with van der Waals surface area (Å²) in [4.78, 5) is 2.56. The van der Waals surface area contributed by atoms with Gasteiger partial charge < -0.3 is 4.74 Å². The second-order valence-corrected chi connectivity index (χ2v) is 8.51. The Bertz CT molecular complexity index is 1170. The number of hydrogen-bond acceptors (Lipinski definition) is 2. The average molecular weight is 404 g/mol. The summed E-state index contributed by atoms with van der Waals surface area (Å²) in [5, 5.41) is 0. The van der Waals surface area contributed by atoms with Gasteiger partial charge in [-0.05, 0) is 40.3 Å². The first kappa shape index (κ1) is 18.6. The van der Waals surface area contributed by atoms with Crippen molar-refractivity contribution in [3.8, 4) is 11.1 Å². The zero-order valence-corrected chi connectivity index (χ0v) is 17.6. The van der Waals surface area contributed by atoms with Crippen LogP contribution in [0.1, 0.15) is 35.3 Å². The van der Waals surface area contributed by atoms with Gasteiger partial charge in [0.05, 0.1) is 6.10 Å². The van der Waals surface area contributed by atoms with Gasteiger partial charge >= 0.3 is 0 Å². The number of benzene rings is 4. The van der Waals surface area contributed by atoms with Crippen molar-refractivity contribution < 1.29 is 4.74 Å². The molecular weight excluding hydrogens is 378 g/mol. The van der Waals surface area contributed by atoms with E-state index in [9.17, 15) is 0 Å². The highest BCUT2D eigenvalue weighted by Crippen LogP contribution is 2.56. The molecule has 31 heavy (non-hydrogen) atoms. The van der Waals surface area contributed by atoms with Gasteiger partial charge in [0, 0.05) is 6.04 Å². The van der Waals surface area contributed by atoms with Crippen LogP contribution in [0.3, 0.4) is 0 Å². The van der Waals surface area contributed by atoms with Gasteiger partial charge in [-0.2, -0.15) is 0 Å². The lowest BCUT2D eigenvalue weighted by atomic mass is 9.78. The van der Waals surface area contributed by atoms with Crippen molar-refractivity contribution in [3.05, 3.63) is 131 Å². The lowest BCUT2D eigenvalue weighted by Gasteiger charge is -2.43. The van der Waals surface area contributed by atoms with Gasteiger partial charge in [-0.15, -0.1) is 0 Å². The molecule has 1 aliphatic carbocycles. The Morgan fingerprint density at radius 1 is 0.677 bits per heavy atom. The number of hydrogen-bond donors (Lipinski definition) is 0. The Balaban J connectivity index is 1.60. The van der Waals surface area contributed by atoms with Crippen LogP contribution in [0.2, 0.25) is 0 Å². The fourth-order valence-corrected chi connectivity index (χ4v) is 5.68. The number of rotatable bonds is 3. The molecule has 0 bridgehead atoms. The van der Waals surface area contributed by atoms with Crippen LogP contribution in [0.15, 0.2) is 109 Å². The molecule has 0 aromatic heterocycles. The fraction of sp³-hybridized carbons (Fsp3) is 0.172. The molecule has 2 heteroatoms. The topological polar surface area (TPSA) is 12.5 Å². The Morgan fingerprint density at radius 2 is 1.19 bits per heavy atom. The van der Waals surface area contributed by atoms with Crippen molar-refractivity contribution in [1.29, 1.82) is 0 Å². The standard InChI is InChI=1S/C29H25NO/c1-21-28(22-12-4-2-5-13-22)31-20-30(21)29(23-14-6-3-7-15-23)26-18-10-8-16-24(26)25-17-9-11-19-27(25)29/h2-19,21,28H,20H2,1H3/t21-,28-/m0/s1. The predicted molar refractivity (Wildman–Crippen MR) is 125 cm³/mol. The van der Waals surface area contributed by atoms with Crippen molar-refractivity contribution >= 4 is 0 Å². The molecule has 1 aliphatic heterocycles. The fourth-order valence-electron chi connectivity index (χ4n) is 5.68. The Kier molecular flexibility index (Phi) is 4.31. The van der Waals surface area contributed by atoms with Crippen LogP contribution < -0.4 is 0 Å². The summed E-state index contributed by atoms with van der Waals surface area (Å²) < 4.78 is 6.48. The molecule has 1 heterocycles. The molecule has 0 saturated carbocycles. The maximum absolute atomic E-state index is 6.48. The van der Waals surface area contributed by atoms with E-state index in [4.69, 9.17) is 4.74 Å². The minimum atomic E-state index is -0.378. The molecule has 2 nitrogen and oxygen atoms in total. The SMILES string of the molecule is C[C@H]1[C@@H](c2ccccc2)OCN1C1(c2ccccc2)c2ccccc2-c2ccccc21. The minimum absolute atomic E-state index is 0.0433. The third-order valence-corrected chi connectivity index (χ3v) is 7.00. The van der Waals surface area contributed by atoms with Crippen LogP contribution in [-0.2, 0) is 10.3 Å². The zero-order chi connectivity index (χ0) is 20.8. The summed E-state index contributed by atoms with van der Waals surface area (Å²) in [6.45, 7) is 2.89. The van der Waals surface area contributed by atoms with Gasteiger partial charge in [0.1, 0.15) is 12.3 Å². The molecule has 2 atom stereocenters. The molecule has 0 amide bonds. The highest BCUT2D eigenvalue weighted by molar-refractivity contribution is 5.83. The first-order valence-corrected chi connectivity index (χ1v) is 11.0. The van der Waals surface area contributed by atoms with E-state index in [1.165, 1.54) is 33.4 Å².